The maximum Gasteiger partial charge on any atom is 0.179 e. The van der Waals surface area contributed by atoms with Crippen LogP contribution in [0, 0.1) is 17.1 Å². The molecule has 0 unspecified atom stereocenters. The highest BCUT2D eigenvalue weighted by atomic mass is 19.1. The van der Waals surface area contributed by atoms with Crippen LogP contribution in [-0.2, 0) is 13.0 Å². The number of aromatic nitrogens is 2. The number of nitrogens with zero attached hydrogens (tertiary/aromatic N) is 3. The summed E-state index contributed by atoms with van der Waals surface area (Å²) in [6.07, 6.45) is 3.86. The minimum atomic E-state index is -0.294. The Morgan fingerprint density at radius 3 is 2.90 bits per heavy atom. The van der Waals surface area contributed by atoms with Gasteiger partial charge in [-0.05, 0) is 18.2 Å². The Kier molecular flexibility index (Phi) is 3.52. The maximum atomic E-state index is 13.6. The zero-order valence-electron chi connectivity index (χ0n) is 11.2. The van der Waals surface area contributed by atoms with Crippen LogP contribution in [0.15, 0.2) is 48.8 Å². The minimum absolute atomic E-state index is 0.132. The fourth-order valence-corrected chi connectivity index (χ4v) is 2.09. The van der Waals surface area contributed by atoms with Gasteiger partial charge in [0.05, 0.1) is 18.2 Å². The van der Waals surface area contributed by atoms with Crippen molar-refractivity contribution in [2.45, 2.75) is 13.0 Å². The van der Waals surface area contributed by atoms with Crippen LogP contribution < -0.4 is 4.74 Å². The molecule has 0 spiro atoms. The molecule has 2 heterocycles. The molecule has 21 heavy (non-hydrogen) atoms. The molecule has 0 aliphatic heterocycles. The van der Waals surface area contributed by atoms with Crippen molar-refractivity contribution in [3.63, 3.8) is 0 Å². The van der Waals surface area contributed by atoms with E-state index in [0.717, 1.165) is 0 Å². The van der Waals surface area contributed by atoms with Gasteiger partial charge in [-0.2, -0.15) is 5.26 Å². The molecule has 0 atom stereocenters. The molecule has 1 aromatic carbocycles. The minimum Gasteiger partial charge on any atom is -0.485 e. The summed E-state index contributed by atoms with van der Waals surface area (Å²) in [5.74, 6) is 0.267. The molecule has 0 saturated carbocycles. The zero-order valence-corrected chi connectivity index (χ0v) is 11.2. The highest BCUT2D eigenvalue weighted by Crippen LogP contribution is 2.21. The Bertz CT molecular complexity index is 820. The van der Waals surface area contributed by atoms with Gasteiger partial charge in [0.1, 0.15) is 12.4 Å². The monoisotopic (exact) mass is 281 g/mol. The first-order valence-electron chi connectivity index (χ1n) is 6.47. The molecule has 0 bridgehead atoms. The summed E-state index contributed by atoms with van der Waals surface area (Å²) >= 11 is 0. The second-order valence-electron chi connectivity index (χ2n) is 4.55. The first kappa shape index (κ1) is 13.1. The van der Waals surface area contributed by atoms with Gasteiger partial charge in [0, 0.05) is 18.0 Å². The van der Waals surface area contributed by atoms with Crippen LogP contribution in [0.1, 0.15) is 11.3 Å². The van der Waals surface area contributed by atoms with Crippen molar-refractivity contribution in [2.75, 3.05) is 0 Å². The van der Waals surface area contributed by atoms with Crippen LogP contribution in [0.3, 0.4) is 0 Å². The second kappa shape index (κ2) is 5.63. The number of hydrogen-bond acceptors (Lipinski definition) is 3. The first-order chi connectivity index (χ1) is 10.3. The Morgan fingerprint density at radius 2 is 2.10 bits per heavy atom. The largest absolute Gasteiger partial charge is 0.485 e. The Morgan fingerprint density at radius 1 is 1.24 bits per heavy atom. The molecule has 0 radical (unpaired) electrons. The lowest BCUT2D eigenvalue weighted by molar-refractivity contribution is 0.301. The highest BCUT2D eigenvalue weighted by molar-refractivity contribution is 5.54. The molecule has 0 aliphatic carbocycles. The number of imidazole rings is 1. The normalized spacial score (nSPS) is 10.5. The number of nitriles is 1. The van der Waals surface area contributed by atoms with Gasteiger partial charge in [-0.25, -0.2) is 9.37 Å². The fraction of sp³-hybridized carbons (Fsp3) is 0.125. The van der Waals surface area contributed by atoms with Gasteiger partial charge in [-0.15, -0.1) is 0 Å². The summed E-state index contributed by atoms with van der Waals surface area (Å²) in [4.78, 5) is 4.36. The van der Waals surface area contributed by atoms with E-state index in [1.807, 2.05) is 12.3 Å². The van der Waals surface area contributed by atoms with Crippen LogP contribution in [0.4, 0.5) is 4.39 Å². The van der Waals surface area contributed by atoms with E-state index in [1.165, 1.54) is 6.07 Å². The van der Waals surface area contributed by atoms with Crippen LogP contribution in [0.5, 0.6) is 5.75 Å². The molecule has 104 valence electrons. The quantitative estimate of drug-likeness (QED) is 0.738. The number of ether oxygens (including phenoxy) is 1. The topological polar surface area (TPSA) is 50.3 Å². The predicted octanol–water partition coefficient (Wildman–Crippen LogP) is 3.12. The number of rotatable bonds is 4. The summed E-state index contributed by atoms with van der Waals surface area (Å²) in [7, 11) is 0. The first-order valence-corrected chi connectivity index (χ1v) is 6.47. The molecular formula is C16H12FN3O. The van der Waals surface area contributed by atoms with Crippen LogP contribution in [-0.4, -0.2) is 9.38 Å². The average Bonchev–Trinajstić information content (AvgIpc) is 2.90. The van der Waals surface area contributed by atoms with Gasteiger partial charge >= 0.3 is 0 Å². The van der Waals surface area contributed by atoms with Crippen molar-refractivity contribution in [2.24, 2.45) is 0 Å². The van der Waals surface area contributed by atoms with Gasteiger partial charge in [0.15, 0.2) is 11.4 Å². The van der Waals surface area contributed by atoms with Gasteiger partial charge in [0.25, 0.3) is 0 Å². The van der Waals surface area contributed by atoms with Gasteiger partial charge in [0.2, 0.25) is 0 Å². The summed E-state index contributed by atoms with van der Waals surface area (Å²) in [5, 5.41) is 8.72. The van der Waals surface area contributed by atoms with Crippen LogP contribution in [0.2, 0.25) is 0 Å². The van der Waals surface area contributed by atoms with E-state index in [1.54, 1.807) is 34.9 Å². The van der Waals surface area contributed by atoms with E-state index in [0.29, 0.717) is 22.7 Å². The maximum absolute atomic E-state index is 13.6. The van der Waals surface area contributed by atoms with E-state index >= 15 is 0 Å². The standard InChI is InChI=1S/C16H12FN3O/c17-14-5-2-1-4-12(14)11-21-15-6-3-9-20-10-13(7-8-18)19-16(15)20/h1-6,9-10H,7,11H2. The van der Waals surface area contributed by atoms with Crippen molar-refractivity contribution in [1.82, 2.24) is 9.38 Å². The van der Waals surface area contributed by atoms with Gasteiger partial charge < -0.3 is 9.14 Å². The molecule has 0 saturated heterocycles. The second-order valence-corrected chi connectivity index (χ2v) is 4.55. The van der Waals surface area contributed by atoms with Crippen molar-refractivity contribution < 1.29 is 9.13 Å². The molecular weight excluding hydrogens is 269 g/mol. The number of hydrogen-bond donors (Lipinski definition) is 0. The number of pyridine rings is 1. The summed E-state index contributed by atoms with van der Waals surface area (Å²) < 4.78 is 21.0. The fourth-order valence-electron chi connectivity index (χ4n) is 2.09. The lowest BCUT2D eigenvalue weighted by Crippen LogP contribution is -1.99. The van der Waals surface area contributed by atoms with Gasteiger partial charge in [-0.3, -0.25) is 0 Å². The molecule has 5 heteroatoms. The smallest absolute Gasteiger partial charge is 0.179 e. The zero-order chi connectivity index (χ0) is 14.7. The molecule has 0 aliphatic rings. The van der Waals surface area contributed by atoms with E-state index in [4.69, 9.17) is 10.00 Å². The van der Waals surface area contributed by atoms with E-state index < -0.39 is 0 Å². The third-order valence-electron chi connectivity index (χ3n) is 3.10. The van der Waals surface area contributed by atoms with E-state index in [9.17, 15) is 4.39 Å². The summed E-state index contributed by atoms with van der Waals surface area (Å²) in [6.45, 7) is 0.132. The Labute approximate surface area is 121 Å². The average molecular weight is 281 g/mol. The number of halogens is 1. The number of benzene rings is 1. The molecule has 0 amide bonds. The number of fused-ring (bicyclic) bond motifs is 1. The summed E-state index contributed by atoms with van der Waals surface area (Å²) in [6, 6.07) is 12.2. The van der Waals surface area contributed by atoms with Crippen molar-refractivity contribution in [3.05, 3.63) is 65.9 Å². The van der Waals surface area contributed by atoms with Crippen molar-refractivity contribution >= 4 is 5.65 Å². The molecule has 4 nitrogen and oxygen atoms in total. The SMILES string of the molecule is N#CCc1cn2cccc(OCc3ccccc3F)c2n1. The summed E-state index contributed by atoms with van der Waals surface area (Å²) in [5.41, 5.74) is 1.79. The lowest BCUT2D eigenvalue weighted by Gasteiger charge is -2.07. The van der Waals surface area contributed by atoms with Crippen molar-refractivity contribution in [3.8, 4) is 11.8 Å². The molecule has 2 aromatic heterocycles. The third kappa shape index (κ3) is 2.70. The van der Waals surface area contributed by atoms with Crippen LogP contribution in [0.25, 0.3) is 5.65 Å². The lowest BCUT2D eigenvalue weighted by atomic mass is 10.2. The highest BCUT2D eigenvalue weighted by Gasteiger charge is 2.08. The van der Waals surface area contributed by atoms with Gasteiger partial charge in [-0.1, -0.05) is 18.2 Å². The van der Waals surface area contributed by atoms with Crippen LogP contribution >= 0.6 is 0 Å². The molecule has 0 fully saturated rings. The molecule has 0 N–H and O–H groups in total. The van der Waals surface area contributed by atoms with E-state index in [2.05, 4.69) is 11.1 Å². The molecule has 3 rings (SSSR count). The predicted molar refractivity (Wildman–Crippen MR) is 75.2 cm³/mol. The molecule has 3 aromatic rings. The van der Waals surface area contributed by atoms with Crippen molar-refractivity contribution in [1.29, 1.82) is 5.26 Å². The third-order valence-corrected chi connectivity index (χ3v) is 3.10. The van der Waals surface area contributed by atoms with E-state index in [-0.39, 0.29) is 18.8 Å². The Hall–Kier alpha value is -2.87. The Balaban J connectivity index is 1.87.